The largest absolute Gasteiger partial charge is 0.341 e. The van der Waals surface area contributed by atoms with Crippen LogP contribution in [0.15, 0.2) is 6.33 Å². The number of nitrogens with one attached hydrogen (secondary N) is 3. The minimum absolute atomic E-state index is 0.0500. The van der Waals surface area contributed by atoms with Crippen LogP contribution in [0, 0.1) is 5.92 Å². The van der Waals surface area contributed by atoms with Gasteiger partial charge in [-0.15, -0.1) is 0 Å². The van der Waals surface area contributed by atoms with Crippen LogP contribution in [0.3, 0.4) is 0 Å². The van der Waals surface area contributed by atoms with Gasteiger partial charge in [-0.3, -0.25) is 10.1 Å². The molecule has 3 N–H and O–H groups in total. The van der Waals surface area contributed by atoms with Crippen molar-refractivity contribution >= 4 is 34.6 Å². The zero-order chi connectivity index (χ0) is 13.2. The smallest absolute Gasteiger partial charge is 0.233 e. The van der Waals surface area contributed by atoms with Gasteiger partial charge in [-0.1, -0.05) is 11.6 Å². The number of aromatic nitrogens is 4. The Morgan fingerprint density at radius 2 is 2.37 bits per heavy atom. The molecule has 19 heavy (non-hydrogen) atoms. The molecule has 8 heteroatoms. The molecule has 0 bridgehead atoms. The highest BCUT2D eigenvalue weighted by Gasteiger charge is 2.22. The third-order valence-electron chi connectivity index (χ3n) is 3.14. The Labute approximate surface area is 114 Å². The maximum atomic E-state index is 12.1. The minimum atomic E-state index is -0.0850. The van der Waals surface area contributed by atoms with Gasteiger partial charge in [-0.25, -0.2) is 4.98 Å². The molecule has 3 heterocycles. The molecule has 0 spiro atoms. The van der Waals surface area contributed by atoms with E-state index in [-0.39, 0.29) is 22.9 Å². The highest BCUT2D eigenvalue weighted by Crippen LogP contribution is 2.19. The predicted molar refractivity (Wildman–Crippen MR) is 70.9 cm³/mol. The number of nitrogens with zero attached hydrogens (tertiary/aromatic N) is 3. The van der Waals surface area contributed by atoms with Crippen LogP contribution in [0.2, 0.25) is 5.15 Å². The molecular weight excluding hydrogens is 268 g/mol. The van der Waals surface area contributed by atoms with Crippen LogP contribution >= 0.6 is 11.6 Å². The number of fused-ring (bicyclic) bond motifs is 1. The monoisotopic (exact) mass is 280 g/mol. The lowest BCUT2D eigenvalue weighted by atomic mass is 9.99. The molecule has 0 radical (unpaired) electrons. The molecule has 0 aromatic carbocycles. The van der Waals surface area contributed by atoms with Crippen LogP contribution in [0.1, 0.15) is 12.8 Å². The Kier molecular flexibility index (Phi) is 3.31. The van der Waals surface area contributed by atoms with Gasteiger partial charge < -0.3 is 10.3 Å². The van der Waals surface area contributed by atoms with E-state index < -0.39 is 0 Å². The van der Waals surface area contributed by atoms with Gasteiger partial charge in [0, 0.05) is 6.54 Å². The Balaban J connectivity index is 1.78. The summed E-state index contributed by atoms with van der Waals surface area (Å²) in [6.07, 6.45) is 3.36. The molecule has 1 unspecified atom stereocenters. The number of carbonyl (C=O) groups is 1. The van der Waals surface area contributed by atoms with Crippen molar-refractivity contribution in [3.63, 3.8) is 0 Å². The van der Waals surface area contributed by atoms with Crippen molar-refractivity contribution in [3.05, 3.63) is 11.5 Å². The maximum Gasteiger partial charge on any atom is 0.233 e. The van der Waals surface area contributed by atoms with Gasteiger partial charge in [-0.05, 0) is 19.4 Å². The van der Waals surface area contributed by atoms with E-state index in [2.05, 4.69) is 30.6 Å². The number of anilines is 1. The first-order valence-electron chi connectivity index (χ1n) is 6.12. The van der Waals surface area contributed by atoms with E-state index in [0.717, 1.165) is 19.4 Å². The number of amides is 1. The SMILES string of the molecule is O=C(Nc1nc(Cl)c2[nH]cnc2n1)C1CCCNC1. The molecule has 0 aliphatic carbocycles. The summed E-state index contributed by atoms with van der Waals surface area (Å²) in [7, 11) is 0. The third kappa shape index (κ3) is 2.52. The van der Waals surface area contributed by atoms with Gasteiger partial charge in [0.2, 0.25) is 11.9 Å². The fourth-order valence-corrected chi connectivity index (χ4v) is 2.36. The molecule has 1 amide bonds. The molecule has 1 aliphatic heterocycles. The molecule has 1 saturated heterocycles. The van der Waals surface area contributed by atoms with E-state index >= 15 is 0 Å². The van der Waals surface area contributed by atoms with Crippen molar-refractivity contribution in [1.82, 2.24) is 25.3 Å². The highest BCUT2D eigenvalue weighted by atomic mass is 35.5. The van der Waals surface area contributed by atoms with Gasteiger partial charge in [0.1, 0.15) is 5.52 Å². The van der Waals surface area contributed by atoms with E-state index in [9.17, 15) is 4.79 Å². The van der Waals surface area contributed by atoms with E-state index in [4.69, 9.17) is 11.6 Å². The molecule has 1 fully saturated rings. The molecule has 1 atom stereocenters. The number of H-pyrrole nitrogens is 1. The van der Waals surface area contributed by atoms with Gasteiger partial charge in [0.15, 0.2) is 10.8 Å². The molecule has 2 aromatic heterocycles. The second-order valence-electron chi connectivity index (χ2n) is 4.47. The number of rotatable bonds is 2. The number of aromatic amines is 1. The average Bonchev–Trinajstić information content (AvgIpc) is 2.88. The zero-order valence-electron chi connectivity index (χ0n) is 10.1. The van der Waals surface area contributed by atoms with Gasteiger partial charge in [-0.2, -0.15) is 9.97 Å². The van der Waals surface area contributed by atoms with Gasteiger partial charge in [0.05, 0.1) is 12.2 Å². The number of carbonyl (C=O) groups excluding carboxylic acids is 1. The van der Waals surface area contributed by atoms with Crippen LogP contribution in [-0.4, -0.2) is 38.9 Å². The first-order valence-corrected chi connectivity index (χ1v) is 6.50. The van der Waals surface area contributed by atoms with E-state index in [1.54, 1.807) is 0 Å². The Hall–Kier alpha value is -1.73. The summed E-state index contributed by atoms with van der Waals surface area (Å²) in [4.78, 5) is 27.1. The van der Waals surface area contributed by atoms with Crippen LogP contribution in [-0.2, 0) is 4.79 Å². The van der Waals surface area contributed by atoms with E-state index in [1.807, 2.05) is 0 Å². The standard InChI is InChI=1S/C11H13ClN6O/c12-8-7-9(15-5-14-7)17-11(16-8)18-10(19)6-2-1-3-13-4-6/h5-6,13H,1-4H2,(H2,14,15,16,17,18,19). The number of halogens is 1. The predicted octanol–water partition coefficient (Wildman–Crippen LogP) is 0.944. The molecular formula is C11H13ClN6O. The molecule has 0 saturated carbocycles. The zero-order valence-corrected chi connectivity index (χ0v) is 10.9. The highest BCUT2D eigenvalue weighted by molar-refractivity contribution is 6.33. The number of piperidine rings is 1. The van der Waals surface area contributed by atoms with Crippen molar-refractivity contribution in [3.8, 4) is 0 Å². The van der Waals surface area contributed by atoms with Crippen molar-refractivity contribution in [2.45, 2.75) is 12.8 Å². The third-order valence-corrected chi connectivity index (χ3v) is 3.42. The molecule has 3 rings (SSSR count). The summed E-state index contributed by atoms with van der Waals surface area (Å²) >= 11 is 5.99. The Bertz CT molecular complexity index is 606. The maximum absolute atomic E-state index is 12.1. The second kappa shape index (κ2) is 5.10. The number of imidazole rings is 1. The Morgan fingerprint density at radius 1 is 1.47 bits per heavy atom. The number of hydrogen-bond acceptors (Lipinski definition) is 5. The average molecular weight is 281 g/mol. The topological polar surface area (TPSA) is 95.6 Å². The summed E-state index contributed by atoms with van der Waals surface area (Å²) in [6, 6.07) is 0. The lowest BCUT2D eigenvalue weighted by Crippen LogP contribution is -2.37. The van der Waals surface area contributed by atoms with Crippen molar-refractivity contribution < 1.29 is 4.79 Å². The van der Waals surface area contributed by atoms with Gasteiger partial charge >= 0.3 is 0 Å². The fourth-order valence-electron chi connectivity index (χ4n) is 2.14. The molecule has 7 nitrogen and oxygen atoms in total. The first-order chi connectivity index (χ1) is 9.24. The van der Waals surface area contributed by atoms with Crippen molar-refractivity contribution in [2.75, 3.05) is 18.4 Å². The Morgan fingerprint density at radius 3 is 3.16 bits per heavy atom. The fraction of sp³-hybridized carbons (Fsp3) is 0.455. The van der Waals surface area contributed by atoms with Crippen LogP contribution in [0.4, 0.5) is 5.95 Å². The van der Waals surface area contributed by atoms with E-state index in [1.165, 1.54) is 6.33 Å². The van der Waals surface area contributed by atoms with Crippen molar-refractivity contribution in [2.24, 2.45) is 5.92 Å². The molecule has 1 aliphatic rings. The van der Waals surface area contributed by atoms with E-state index in [0.29, 0.717) is 17.7 Å². The van der Waals surface area contributed by atoms with Crippen molar-refractivity contribution in [1.29, 1.82) is 0 Å². The lowest BCUT2D eigenvalue weighted by molar-refractivity contribution is -0.120. The molecule has 100 valence electrons. The summed E-state index contributed by atoms with van der Waals surface area (Å²) in [6.45, 7) is 1.65. The summed E-state index contributed by atoms with van der Waals surface area (Å²) < 4.78 is 0. The van der Waals surface area contributed by atoms with Crippen LogP contribution < -0.4 is 10.6 Å². The lowest BCUT2D eigenvalue weighted by Gasteiger charge is -2.21. The van der Waals surface area contributed by atoms with Gasteiger partial charge in [0.25, 0.3) is 0 Å². The normalized spacial score (nSPS) is 19.5. The van der Waals surface area contributed by atoms with Crippen LogP contribution in [0.25, 0.3) is 11.2 Å². The summed E-state index contributed by atoms with van der Waals surface area (Å²) in [5.74, 6) is 0.0596. The minimum Gasteiger partial charge on any atom is -0.341 e. The summed E-state index contributed by atoms with van der Waals surface area (Å²) in [5, 5.41) is 6.14. The summed E-state index contributed by atoms with van der Waals surface area (Å²) in [5.41, 5.74) is 1.01. The number of hydrogen-bond donors (Lipinski definition) is 3. The van der Waals surface area contributed by atoms with Crippen LogP contribution in [0.5, 0.6) is 0 Å². The molecule has 2 aromatic rings. The second-order valence-corrected chi connectivity index (χ2v) is 4.83. The first kappa shape index (κ1) is 12.3. The quantitative estimate of drug-likeness (QED) is 0.712.